The Morgan fingerprint density at radius 3 is 2.50 bits per heavy atom. The normalized spacial score (nSPS) is 8.75. The molecule has 0 aliphatic heterocycles. The molecule has 1 aromatic rings. The summed E-state index contributed by atoms with van der Waals surface area (Å²) >= 11 is 3.97. The summed E-state index contributed by atoms with van der Waals surface area (Å²) in [5.41, 5.74) is 5.69. The molecule has 6 heteroatoms. The van der Waals surface area contributed by atoms with E-state index >= 15 is 0 Å². The van der Waals surface area contributed by atoms with Gasteiger partial charge in [-0.25, -0.2) is 0 Å². The Morgan fingerprint density at radius 2 is 2.08 bits per heavy atom. The van der Waals surface area contributed by atoms with E-state index in [1.807, 2.05) is 0 Å². The summed E-state index contributed by atoms with van der Waals surface area (Å²) in [6, 6.07) is 4.14. The molecular formula is C6H7N2NaO2S. The van der Waals surface area contributed by atoms with Crippen LogP contribution in [-0.4, -0.2) is 34.5 Å². The fourth-order valence-electron chi connectivity index (χ4n) is 0.655. The van der Waals surface area contributed by atoms with Crippen molar-refractivity contribution in [1.29, 1.82) is 0 Å². The van der Waals surface area contributed by atoms with Crippen molar-refractivity contribution in [3.05, 3.63) is 28.3 Å². The number of nitrogens with zero attached hydrogens (tertiary/aromatic N) is 1. The minimum absolute atomic E-state index is 0. The van der Waals surface area contributed by atoms with Gasteiger partial charge in [-0.1, -0.05) is 0 Å². The summed E-state index contributed by atoms with van der Waals surface area (Å²) in [5, 5.41) is 10.2. The molecule has 0 aromatic heterocycles. The fraction of sp³-hybridized carbons (Fsp3) is 0. The van der Waals surface area contributed by atoms with Gasteiger partial charge >= 0.3 is 29.6 Å². The first-order valence-electron chi connectivity index (χ1n) is 2.84. The maximum absolute atomic E-state index is 10.2. The molecule has 0 bridgehead atoms. The third kappa shape index (κ3) is 2.67. The van der Waals surface area contributed by atoms with E-state index in [2.05, 4.69) is 12.6 Å². The predicted molar refractivity (Wildman–Crippen MR) is 51.9 cm³/mol. The number of non-ortho nitro benzene ring substituents is 1. The van der Waals surface area contributed by atoms with Crippen molar-refractivity contribution in [2.45, 2.75) is 4.90 Å². The van der Waals surface area contributed by atoms with Crippen LogP contribution in [0.5, 0.6) is 0 Å². The second-order valence-electron chi connectivity index (χ2n) is 2.00. The zero-order chi connectivity index (χ0) is 8.43. The molecule has 0 saturated heterocycles. The van der Waals surface area contributed by atoms with Gasteiger partial charge in [-0.15, -0.1) is 12.6 Å². The molecule has 1 rings (SSSR count). The van der Waals surface area contributed by atoms with E-state index in [-0.39, 0.29) is 35.2 Å². The van der Waals surface area contributed by atoms with Crippen molar-refractivity contribution in [2.75, 3.05) is 5.73 Å². The van der Waals surface area contributed by atoms with Crippen molar-refractivity contribution >= 4 is 53.6 Å². The molecule has 0 spiro atoms. The summed E-state index contributed by atoms with van der Waals surface area (Å²) < 4.78 is 0. The van der Waals surface area contributed by atoms with Crippen molar-refractivity contribution in [3.63, 3.8) is 0 Å². The number of nitro groups is 1. The molecule has 0 unspecified atom stereocenters. The molecule has 0 amide bonds. The Bertz CT molecular complexity index is 306. The zero-order valence-electron chi connectivity index (χ0n) is 5.52. The van der Waals surface area contributed by atoms with Crippen LogP contribution in [0.4, 0.5) is 11.4 Å². The van der Waals surface area contributed by atoms with Crippen LogP contribution < -0.4 is 5.73 Å². The molecule has 0 aliphatic carbocycles. The first-order chi connectivity index (χ1) is 5.11. The van der Waals surface area contributed by atoms with Gasteiger partial charge in [0.1, 0.15) is 0 Å². The van der Waals surface area contributed by atoms with Gasteiger partial charge in [-0.05, 0) is 6.07 Å². The average Bonchev–Trinajstić information content (AvgIpc) is 1.94. The number of benzene rings is 1. The number of hydrogen-bond donors (Lipinski definition) is 2. The van der Waals surface area contributed by atoms with Crippen molar-refractivity contribution in [1.82, 2.24) is 0 Å². The Morgan fingerprint density at radius 1 is 1.50 bits per heavy atom. The fourth-order valence-corrected chi connectivity index (χ4v) is 0.795. The van der Waals surface area contributed by atoms with Gasteiger partial charge in [0.05, 0.1) is 10.6 Å². The number of rotatable bonds is 1. The van der Waals surface area contributed by atoms with E-state index in [0.29, 0.717) is 10.6 Å². The van der Waals surface area contributed by atoms with E-state index in [1.54, 1.807) is 0 Å². The number of nitrogen functional groups attached to an aromatic ring is 1. The Hall–Kier alpha value is -0.230. The van der Waals surface area contributed by atoms with Gasteiger partial charge in [0.15, 0.2) is 0 Å². The van der Waals surface area contributed by atoms with Crippen molar-refractivity contribution in [3.8, 4) is 0 Å². The predicted octanol–water partition coefficient (Wildman–Crippen LogP) is 0.817. The zero-order valence-corrected chi connectivity index (χ0v) is 6.41. The van der Waals surface area contributed by atoms with Crippen LogP contribution in [0.15, 0.2) is 23.1 Å². The van der Waals surface area contributed by atoms with Gasteiger partial charge in [-0.3, -0.25) is 10.1 Å². The van der Waals surface area contributed by atoms with Gasteiger partial charge in [0.2, 0.25) is 0 Å². The van der Waals surface area contributed by atoms with Gasteiger partial charge in [0, 0.05) is 17.0 Å². The molecular weight excluding hydrogens is 187 g/mol. The standard InChI is InChI=1S/C6H6N2O2S.Na.H/c7-5-3-4(8(9)10)1-2-6(5)11;;/h1-3,11H,7H2;;. The molecule has 0 heterocycles. The van der Waals surface area contributed by atoms with E-state index in [1.165, 1.54) is 18.2 Å². The molecule has 2 N–H and O–H groups in total. The second kappa shape index (κ2) is 4.71. The van der Waals surface area contributed by atoms with Crippen molar-refractivity contribution < 1.29 is 4.92 Å². The van der Waals surface area contributed by atoms with Crippen LogP contribution in [0.25, 0.3) is 0 Å². The molecule has 12 heavy (non-hydrogen) atoms. The number of anilines is 1. The number of nitrogens with two attached hydrogens (primary N) is 1. The van der Waals surface area contributed by atoms with E-state index in [9.17, 15) is 10.1 Å². The summed E-state index contributed by atoms with van der Waals surface area (Å²) in [6.45, 7) is 0. The molecule has 0 atom stereocenters. The summed E-state index contributed by atoms with van der Waals surface area (Å²) in [6.07, 6.45) is 0. The Labute approximate surface area is 97.0 Å². The third-order valence-corrected chi connectivity index (χ3v) is 1.63. The number of nitro benzene ring substituents is 1. The third-order valence-electron chi connectivity index (χ3n) is 1.22. The summed E-state index contributed by atoms with van der Waals surface area (Å²) in [7, 11) is 0. The van der Waals surface area contributed by atoms with Crippen LogP contribution in [0.2, 0.25) is 0 Å². The van der Waals surface area contributed by atoms with Crippen LogP contribution in [0, 0.1) is 10.1 Å². The summed E-state index contributed by atoms with van der Waals surface area (Å²) in [5.74, 6) is 0. The topological polar surface area (TPSA) is 69.2 Å². The van der Waals surface area contributed by atoms with Gasteiger partial charge < -0.3 is 5.73 Å². The molecule has 0 saturated carbocycles. The van der Waals surface area contributed by atoms with E-state index in [4.69, 9.17) is 5.73 Å². The van der Waals surface area contributed by atoms with Crippen LogP contribution in [0.3, 0.4) is 0 Å². The van der Waals surface area contributed by atoms with E-state index in [0.717, 1.165) is 0 Å². The second-order valence-corrected chi connectivity index (χ2v) is 2.48. The first-order valence-corrected chi connectivity index (χ1v) is 3.29. The Kier molecular flexibility index (Phi) is 4.62. The van der Waals surface area contributed by atoms with Gasteiger partial charge in [-0.2, -0.15) is 0 Å². The number of hydrogen-bond acceptors (Lipinski definition) is 4. The van der Waals surface area contributed by atoms with Crippen LogP contribution >= 0.6 is 12.6 Å². The van der Waals surface area contributed by atoms with Crippen LogP contribution in [-0.2, 0) is 0 Å². The number of thiol groups is 1. The average molecular weight is 194 g/mol. The molecule has 0 aliphatic rings. The monoisotopic (exact) mass is 194 g/mol. The first kappa shape index (κ1) is 11.8. The van der Waals surface area contributed by atoms with Crippen LogP contribution in [0.1, 0.15) is 0 Å². The minimum atomic E-state index is -0.496. The molecule has 60 valence electrons. The molecule has 1 aromatic carbocycles. The molecule has 0 radical (unpaired) electrons. The maximum atomic E-state index is 10.2. The molecule has 4 nitrogen and oxygen atoms in total. The Balaban J connectivity index is 0.00000121. The van der Waals surface area contributed by atoms with E-state index < -0.39 is 4.92 Å². The summed E-state index contributed by atoms with van der Waals surface area (Å²) in [4.78, 5) is 10.2. The quantitative estimate of drug-likeness (QED) is 0.228. The van der Waals surface area contributed by atoms with Crippen molar-refractivity contribution in [2.24, 2.45) is 0 Å². The molecule has 0 fully saturated rings. The van der Waals surface area contributed by atoms with Gasteiger partial charge in [0.25, 0.3) is 5.69 Å². The SMILES string of the molecule is Nc1cc([N+](=O)[O-])ccc1S.[NaH].